The van der Waals surface area contributed by atoms with Crippen LogP contribution < -0.4 is 4.74 Å². The number of benzene rings is 1. The van der Waals surface area contributed by atoms with E-state index in [1.54, 1.807) is 0 Å². The van der Waals surface area contributed by atoms with Gasteiger partial charge in [-0.1, -0.05) is 39.3 Å². The van der Waals surface area contributed by atoms with Gasteiger partial charge in [-0.05, 0) is 30.0 Å². The van der Waals surface area contributed by atoms with Crippen LogP contribution in [-0.4, -0.2) is 6.61 Å². The third-order valence-electron chi connectivity index (χ3n) is 2.56. The van der Waals surface area contributed by atoms with E-state index in [-0.39, 0.29) is 0 Å². The highest BCUT2D eigenvalue weighted by atomic mass is 16.5. The first-order valence-electron chi connectivity index (χ1n) is 5.48. The van der Waals surface area contributed by atoms with Crippen molar-refractivity contribution >= 4 is 0 Å². The van der Waals surface area contributed by atoms with Crippen molar-refractivity contribution in [2.75, 3.05) is 6.61 Å². The molecule has 1 heteroatoms. The lowest BCUT2D eigenvalue weighted by molar-refractivity contribution is 0.256. The number of hydrogen-bond acceptors (Lipinski definition) is 1. The molecule has 0 amide bonds. The Bertz CT molecular complexity index is 250. The van der Waals surface area contributed by atoms with Gasteiger partial charge in [0.15, 0.2) is 0 Å². The van der Waals surface area contributed by atoms with Gasteiger partial charge in [-0.3, -0.25) is 0 Å². The highest BCUT2D eigenvalue weighted by Gasteiger charge is 1.99. The van der Waals surface area contributed by atoms with Gasteiger partial charge in [0.1, 0.15) is 5.75 Å². The van der Waals surface area contributed by atoms with Gasteiger partial charge in [-0.2, -0.15) is 0 Å². The molecule has 0 fully saturated rings. The lowest BCUT2D eigenvalue weighted by Gasteiger charge is -2.10. The zero-order chi connectivity index (χ0) is 10.4. The van der Waals surface area contributed by atoms with Crippen LogP contribution in [0.5, 0.6) is 5.75 Å². The van der Waals surface area contributed by atoms with E-state index in [1.807, 2.05) is 0 Å². The summed E-state index contributed by atoms with van der Waals surface area (Å²) in [7, 11) is 0. The van der Waals surface area contributed by atoms with Gasteiger partial charge in [-0.15, -0.1) is 0 Å². The molecule has 1 aromatic rings. The molecule has 1 aromatic carbocycles. The van der Waals surface area contributed by atoms with E-state index in [2.05, 4.69) is 45.0 Å². The fraction of sp³-hybridized carbons (Fsp3) is 0.538. The van der Waals surface area contributed by atoms with Crippen LogP contribution in [0.25, 0.3) is 0 Å². The van der Waals surface area contributed by atoms with Crippen molar-refractivity contribution in [3.8, 4) is 5.75 Å². The van der Waals surface area contributed by atoms with Gasteiger partial charge in [0.05, 0.1) is 6.61 Å². The molecule has 78 valence electrons. The van der Waals surface area contributed by atoms with Crippen LogP contribution in [0.2, 0.25) is 0 Å². The van der Waals surface area contributed by atoms with E-state index in [4.69, 9.17) is 4.74 Å². The first-order valence-corrected chi connectivity index (χ1v) is 5.48. The minimum atomic E-state index is 0.640. The molecule has 0 aliphatic rings. The maximum Gasteiger partial charge on any atom is 0.119 e. The van der Waals surface area contributed by atoms with Crippen molar-refractivity contribution in [1.82, 2.24) is 0 Å². The summed E-state index contributed by atoms with van der Waals surface area (Å²) in [5.41, 5.74) is 1.36. The summed E-state index contributed by atoms with van der Waals surface area (Å²) in [5.74, 6) is 1.63. The average Bonchev–Trinajstić information content (AvgIpc) is 2.26. The topological polar surface area (TPSA) is 9.23 Å². The zero-order valence-corrected chi connectivity index (χ0v) is 9.42. The van der Waals surface area contributed by atoms with Gasteiger partial charge in [0.2, 0.25) is 0 Å². The predicted molar refractivity (Wildman–Crippen MR) is 60.8 cm³/mol. The molecule has 0 bridgehead atoms. The summed E-state index contributed by atoms with van der Waals surface area (Å²) >= 11 is 0. The van der Waals surface area contributed by atoms with Gasteiger partial charge < -0.3 is 4.74 Å². The first kappa shape index (κ1) is 11.1. The molecule has 1 rings (SSSR count). The minimum Gasteiger partial charge on any atom is -0.493 e. The molecule has 0 saturated carbocycles. The first-order chi connectivity index (χ1) is 6.76. The molecule has 0 heterocycles. The molecule has 0 radical (unpaired) electrons. The molecule has 1 unspecified atom stereocenters. The summed E-state index contributed by atoms with van der Waals surface area (Å²) in [4.78, 5) is 0. The number of hydrogen-bond donors (Lipinski definition) is 0. The Balaban J connectivity index is 2.43. The third kappa shape index (κ3) is 3.41. The van der Waals surface area contributed by atoms with Crippen molar-refractivity contribution in [2.24, 2.45) is 5.92 Å². The van der Waals surface area contributed by atoms with Crippen LogP contribution in [0.4, 0.5) is 0 Å². The Morgan fingerprint density at radius 3 is 2.29 bits per heavy atom. The molecule has 0 spiro atoms. The second-order valence-electron chi connectivity index (χ2n) is 3.82. The fourth-order valence-electron chi connectivity index (χ4n) is 1.18. The van der Waals surface area contributed by atoms with Gasteiger partial charge in [0, 0.05) is 0 Å². The van der Waals surface area contributed by atoms with Crippen LogP contribution in [0.3, 0.4) is 0 Å². The Hall–Kier alpha value is -0.980. The molecular formula is C13H20O. The number of ether oxygens (including phenoxy) is 1. The molecule has 0 N–H and O–H groups in total. The third-order valence-corrected chi connectivity index (χ3v) is 2.56. The summed E-state index contributed by atoms with van der Waals surface area (Å²) in [6.45, 7) is 7.38. The van der Waals surface area contributed by atoms with Crippen molar-refractivity contribution in [1.29, 1.82) is 0 Å². The molecule has 0 aliphatic carbocycles. The van der Waals surface area contributed by atoms with Gasteiger partial charge >= 0.3 is 0 Å². The lowest BCUT2D eigenvalue weighted by Crippen LogP contribution is -2.07. The second-order valence-corrected chi connectivity index (χ2v) is 3.82. The van der Waals surface area contributed by atoms with E-state index in [1.165, 1.54) is 12.0 Å². The Labute approximate surface area is 87.1 Å². The maximum absolute atomic E-state index is 5.66. The van der Waals surface area contributed by atoms with E-state index in [9.17, 15) is 0 Å². The standard InChI is InChI=1S/C13H20O/c1-4-11(3)10-14-13-8-6-12(5-2)7-9-13/h6-9,11H,4-5,10H2,1-3H3. The maximum atomic E-state index is 5.66. The summed E-state index contributed by atoms with van der Waals surface area (Å²) in [6, 6.07) is 8.38. The molecule has 0 aliphatic heterocycles. The Morgan fingerprint density at radius 1 is 1.14 bits per heavy atom. The van der Waals surface area contributed by atoms with Crippen molar-refractivity contribution < 1.29 is 4.74 Å². The number of aryl methyl sites for hydroxylation is 1. The second kappa shape index (κ2) is 5.69. The van der Waals surface area contributed by atoms with E-state index >= 15 is 0 Å². The van der Waals surface area contributed by atoms with E-state index in [0.29, 0.717) is 5.92 Å². The summed E-state index contributed by atoms with van der Waals surface area (Å²) in [5, 5.41) is 0. The normalized spacial score (nSPS) is 12.5. The predicted octanol–water partition coefficient (Wildman–Crippen LogP) is 3.67. The summed E-state index contributed by atoms with van der Waals surface area (Å²) < 4.78 is 5.66. The molecular weight excluding hydrogens is 172 g/mol. The Kier molecular flexibility index (Phi) is 4.51. The summed E-state index contributed by atoms with van der Waals surface area (Å²) in [6.07, 6.45) is 2.26. The van der Waals surface area contributed by atoms with E-state index < -0.39 is 0 Å². The minimum absolute atomic E-state index is 0.640. The van der Waals surface area contributed by atoms with Crippen LogP contribution in [0, 0.1) is 5.92 Å². The molecule has 1 atom stereocenters. The van der Waals surface area contributed by atoms with Crippen LogP contribution in [0.15, 0.2) is 24.3 Å². The molecule has 1 nitrogen and oxygen atoms in total. The fourth-order valence-corrected chi connectivity index (χ4v) is 1.18. The average molecular weight is 192 g/mol. The SMILES string of the molecule is CCc1ccc(OCC(C)CC)cc1. The molecule has 0 aromatic heterocycles. The van der Waals surface area contributed by atoms with Gasteiger partial charge in [0.25, 0.3) is 0 Å². The highest BCUT2D eigenvalue weighted by molar-refractivity contribution is 5.27. The highest BCUT2D eigenvalue weighted by Crippen LogP contribution is 2.14. The Morgan fingerprint density at radius 2 is 1.79 bits per heavy atom. The van der Waals surface area contributed by atoms with Gasteiger partial charge in [-0.25, -0.2) is 0 Å². The van der Waals surface area contributed by atoms with Crippen LogP contribution in [0.1, 0.15) is 32.8 Å². The quantitative estimate of drug-likeness (QED) is 0.691. The van der Waals surface area contributed by atoms with Crippen LogP contribution in [-0.2, 0) is 6.42 Å². The van der Waals surface area contributed by atoms with Crippen molar-refractivity contribution in [3.05, 3.63) is 29.8 Å². The van der Waals surface area contributed by atoms with Crippen molar-refractivity contribution in [2.45, 2.75) is 33.6 Å². The van der Waals surface area contributed by atoms with Crippen LogP contribution >= 0.6 is 0 Å². The largest absolute Gasteiger partial charge is 0.493 e. The zero-order valence-electron chi connectivity index (χ0n) is 9.42. The lowest BCUT2D eigenvalue weighted by atomic mass is 10.1. The monoisotopic (exact) mass is 192 g/mol. The number of rotatable bonds is 5. The molecule has 0 saturated heterocycles. The molecule has 14 heavy (non-hydrogen) atoms. The van der Waals surface area contributed by atoms with Crippen molar-refractivity contribution in [3.63, 3.8) is 0 Å². The van der Waals surface area contributed by atoms with E-state index in [0.717, 1.165) is 18.8 Å². The smallest absolute Gasteiger partial charge is 0.119 e.